The second-order valence-electron chi connectivity index (χ2n) is 9.73. The van der Waals surface area contributed by atoms with Gasteiger partial charge in [0.1, 0.15) is 5.65 Å². The maximum Gasteiger partial charge on any atom is 0.260 e. The fraction of sp³-hybridized carbons (Fsp3) is 0.267. The van der Waals surface area contributed by atoms with E-state index in [0.717, 1.165) is 54.2 Å². The lowest BCUT2D eigenvalue weighted by Crippen LogP contribution is -2.46. The number of hydrogen-bond acceptors (Lipinski definition) is 8. The Morgan fingerprint density at radius 1 is 0.950 bits per heavy atom. The summed E-state index contributed by atoms with van der Waals surface area (Å²) in [5.41, 5.74) is 6.51. The van der Waals surface area contributed by atoms with Crippen molar-refractivity contribution in [3.05, 3.63) is 81.8 Å². The molecule has 4 heterocycles. The number of nitrogens with one attached hydrogen (secondary N) is 1. The van der Waals surface area contributed by atoms with E-state index in [2.05, 4.69) is 44.1 Å². The van der Waals surface area contributed by atoms with Crippen molar-refractivity contribution in [1.29, 1.82) is 0 Å². The van der Waals surface area contributed by atoms with Gasteiger partial charge in [-0.2, -0.15) is 4.98 Å². The molecule has 1 aliphatic rings. The second-order valence-corrected chi connectivity index (χ2v) is 11.0. The van der Waals surface area contributed by atoms with Crippen molar-refractivity contribution in [3.63, 3.8) is 0 Å². The third kappa shape index (κ3) is 5.20. The lowest BCUT2D eigenvalue weighted by atomic mass is 10.0. The number of halogens is 1. The zero-order valence-corrected chi connectivity index (χ0v) is 24.0. The number of piperazine rings is 1. The van der Waals surface area contributed by atoms with Crippen molar-refractivity contribution in [2.24, 2.45) is 0 Å². The Bertz CT molecular complexity index is 1690. The first-order chi connectivity index (χ1) is 19.5. The highest BCUT2D eigenvalue weighted by Crippen LogP contribution is 2.33. The second kappa shape index (κ2) is 11.4. The third-order valence-corrected chi connectivity index (χ3v) is 8.56. The maximum absolute atomic E-state index is 13.6. The van der Waals surface area contributed by atoms with Crippen LogP contribution in [0.15, 0.2) is 71.2 Å². The van der Waals surface area contributed by atoms with Crippen molar-refractivity contribution in [2.75, 3.05) is 42.9 Å². The summed E-state index contributed by atoms with van der Waals surface area (Å²) in [6, 6.07) is 15.9. The minimum atomic E-state index is -0.139. The average molecular weight is 572 g/mol. The molecule has 1 fully saturated rings. The van der Waals surface area contributed by atoms with Crippen molar-refractivity contribution >= 4 is 51.3 Å². The molecule has 6 rings (SSSR count). The van der Waals surface area contributed by atoms with Crippen molar-refractivity contribution in [1.82, 2.24) is 24.4 Å². The van der Waals surface area contributed by atoms with Crippen LogP contribution in [0.25, 0.3) is 32.6 Å². The van der Waals surface area contributed by atoms with E-state index in [1.54, 1.807) is 27.6 Å². The summed E-state index contributed by atoms with van der Waals surface area (Å²) >= 11 is 8.22. The number of benzene rings is 2. The highest BCUT2D eigenvalue weighted by atomic mass is 35.5. The molecule has 40 heavy (non-hydrogen) atoms. The van der Waals surface area contributed by atoms with Crippen LogP contribution in [0.4, 0.5) is 17.3 Å². The van der Waals surface area contributed by atoms with Gasteiger partial charge in [-0.15, -0.1) is 11.3 Å². The Morgan fingerprint density at radius 2 is 1.75 bits per heavy atom. The molecule has 0 atom stereocenters. The van der Waals surface area contributed by atoms with Crippen molar-refractivity contribution < 1.29 is 0 Å². The van der Waals surface area contributed by atoms with Crippen LogP contribution in [0.1, 0.15) is 13.8 Å². The maximum atomic E-state index is 13.6. The Labute approximate surface area is 241 Å². The molecule has 3 aromatic heterocycles. The molecule has 0 amide bonds. The summed E-state index contributed by atoms with van der Waals surface area (Å²) < 4.78 is 1.67. The largest absolute Gasteiger partial charge is 0.369 e. The number of likely N-dealkylation sites (N-methyl/N-ethyl adjacent to an activating group) is 1. The van der Waals surface area contributed by atoms with Gasteiger partial charge in [0.2, 0.25) is 5.95 Å². The van der Waals surface area contributed by atoms with Gasteiger partial charge in [0.15, 0.2) is 0 Å². The number of nitrogens with zero attached hydrogens (tertiary/aromatic N) is 6. The van der Waals surface area contributed by atoms with Crippen molar-refractivity contribution in [2.45, 2.75) is 20.4 Å². The normalized spacial score (nSPS) is 14.1. The average Bonchev–Trinajstić information content (AvgIpc) is 3.53. The van der Waals surface area contributed by atoms with Crippen LogP contribution < -0.4 is 15.8 Å². The van der Waals surface area contributed by atoms with E-state index in [1.807, 2.05) is 49.5 Å². The van der Waals surface area contributed by atoms with Gasteiger partial charge in [0, 0.05) is 78.0 Å². The number of pyridine rings is 1. The third-order valence-electron chi connectivity index (χ3n) is 7.43. The van der Waals surface area contributed by atoms with Gasteiger partial charge in [-0.05, 0) is 55.4 Å². The number of hydrogen-bond donors (Lipinski definition) is 1. The van der Waals surface area contributed by atoms with Gasteiger partial charge >= 0.3 is 0 Å². The molecule has 0 spiro atoms. The minimum Gasteiger partial charge on any atom is -0.369 e. The Hall–Kier alpha value is -3.79. The molecule has 5 aromatic rings. The molecule has 8 nitrogen and oxygen atoms in total. The Kier molecular flexibility index (Phi) is 7.51. The zero-order valence-electron chi connectivity index (χ0n) is 22.5. The number of anilines is 3. The molecule has 10 heteroatoms. The number of rotatable bonds is 7. The smallest absolute Gasteiger partial charge is 0.260 e. The summed E-state index contributed by atoms with van der Waals surface area (Å²) in [5.74, 6) is 0.443. The molecule has 0 bridgehead atoms. The van der Waals surface area contributed by atoms with Gasteiger partial charge in [-0.1, -0.05) is 30.7 Å². The van der Waals surface area contributed by atoms with Gasteiger partial charge in [0.05, 0.1) is 10.4 Å². The summed E-state index contributed by atoms with van der Waals surface area (Å²) in [6.45, 7) is 9.97. The first-order valence-corrected chi connectivity index (χ1v) is 14.7. The molecule has 2 aromatic carbocycles. The van der Waals surface area contributed by atoms with Crippen LogP contribution in [-0.2, 0) is 6.54 Å². The predicted octanol–water partition coefficient (Wildman–Crippen LogP) is 6.14. The number of aromatic nitrogens is 4. The van der Waals surface area contributed by atoms with Crippen LogP contribution >= 0.6 is 22.9 Å². The molecular formula is C30H30ClN7OS. The summed E-state index contributed by atoms with van der Waals surface area (Å²) in [6.07, 6.45) is 3.56. The number of thiazole rings is 1. The highest BCUT2D eigenvalue weighted by Gasteiger charge is 2.17. The minimum absolute atomic E-state index is 0.139. The van der Waals surface area contributed by atoms with Crippen LogP contribution in [0.3, 0.4) is 0 Å². The van der Waals surface area contributed by atoms with Crippen LogP contribution in [0.5, 0.6) is 0 Å². The first-order valence-electron chi connectivity index (χ1n) is 13.5. The van der Waals surface area contributed by atoms with Gasteiger partial charge < -0.3 is 15.1 Å². The van der Waals surface area contributed by atoms with E-state index >= 15 is 0 Å². The molecule has 0 aliphatic carbocycles. The van der Waals surface area contributed by atoms with E-state index in [4.69, 9.17) is 16.6 Å². The molecule has 1 aliphatic heterocycles. The number of aryl methyl sites for hydroxylation is 1. The fourth-order valence-corrected chi connectivity index (χ4v) is 6.06. The van der Waals surface area contributed by atoms with Gasteiger partial charge in [-0.25, -0.2) is 4.98 Å². The van der Waals surface area contributed by atoms with Gasteiger partial charge in [0.25, 0.3) is 5.56 Å². The molecule has 0 unspecified atom stereocenters. The molecular weight excluding hydrogens is 542 g/mol. The lowest BCUT2D eigenvalue weighted by Gasteiger charge is -2.35. The highest BCUT2D eigenvalue weighted by molar-refractivity contribution is 7.13. The monoisotopic (exact) mass is 571 g/mol. The van der Waals surface area contributed by atoms with E-state index in [0.29, 0.717) is 34.3 Å². The van der Waals surface area contributed by atoms with Crippen LogP contribution in [-0.4, -0.2) is 57.1 Å². The Morgan fingerprint density at radius 3 is 2.42 bits per heavy atom. The predicted molar refractivity (Wildman–Crippen MR) is 165 cm³/mol. The zero-order chi connectivity index (χ0) is 27.6. The van der Waals surface area contributed by atoms with Gasteiger partial charge in [-0.3, -0.25) is 14.3 Å². The summed E-state index contributed by atoms with van der Waals surface area (Å²) in [4.78, 5) is 32.9. The van der Waals surface area contributed by atoms with E-state index in [9.17, 15) is 4.79 Å². The molecule has 1 N–H and O–H groups in total. The van der Waals surface area contributed by atoms with E-state index < -0.39 is 0 Å². The lowest BCUT2D eigenvalue weighted by molar-refractivity contribution is 0.271. The standard InChI is InChI=1S/C30H30ClN7OS/c1-3-36-11-13-37(14-12-36)23-8-6-22(7-9-23)34-30-33-17-21-15-25(29(39)38(4-2)28(21)35-30)24-10-5-20(16-26(24)31)27-18-32-19-40-27/h5-10,15-19H,3-4,11-14H2,1-2H3,(H,33,34,35). The van der Waals surface area contributed by atoms with E-state index in [1.165, 1.54) is 5.69 Å². The first kappa shape index (κ1) is 26.4. The van der Waals surface area contributed by atoms with Crippen LogP contribution in [0.2, 0.25) is 5.02 Å². The topological polar surface area (TPSA) is 79.2 Å². The van der Waals surface area contributed by atoms with Crippen LogP contribution in [0, 0.1) is 0 Å². The quantitative estimate of drug-likeness (QED) is 0.251. The molecule has 1 saturated heterocycles. The molecule has 204 valence electrons. The van der Waals surface area contributed by atoms with E-state index in [-0.39, 0.29) is 5.56 Å². The Balaban J connectivity index is 1.26. The number of fused-ring (bicyclic) bond motifs is 1. The van der Waals surface area contributed by atoms with Crippen molar-refractivity contribution in [3.8, 4) is 21.6 Å². The molecule has 0 radical (unpaired) electrons. The summed E-state index contributed by atoms with van der Waals surface area (Å²) in [7, 11) is 0. The summed E-state index contributed by atoms with van der Waals surface area (Å²) in [5, 5.41) is 4.58. The molecule has 0 saturated carbocycles. The fourth-order valence-electron chi connectivity index (χ4n) is 5.16. The SMILES string of the molecule is CCN1CCN(c2ccc(Nc3ncc4cc(-c5ccc(-c6cncs6)cc5Cl)c(=O)n(CC)c4n3)cc2)CC1.